The minimum atomic E-state index is -0.0949. The van der Waals surface area contributed by atoms with E-state index in [9.17, 15) is 4.79 Å². The summed E-state index contributed by atoms with van der Waals surface area (Å²) in [5.74, 6) is 0.647. The van der Waals surface area contributed by atoms with Gasteiger partial charge >= 0.3 is 0 Å². The Hall–Kier alpha value is -1.71. The van der Waals surface area contributed by atoms with Crippen LogP contribution in [0.4, 0.5) is 5.69 Å². The van der Waals surface area contributed by atoms with Crippen molar-refractivity contribution < 1.29 is 9.53 Å². The van der Waals surface area contributed by atoms with Crippen LogP contribution >= 0.6 is 0 Å². The molecule has 0 unspecified atom stereocenters. The number of carbonyl (C=O) groups is 1. The largest absolute Gasteiger partial charge is 0.483 e. The molecule has 0 atom stereocenters. The number of ether oxygens (including phenoxy) is 1. The molecule has 3 N–H and O–H groups in total. The van der Waals surface area contributed by atoms with Gasteiger partial charge < -0.3 is 15.8 Å². The standard InChI is InChI=1S/C13H20N2O2/c1-4-5-15-12(16)8-17-13-9(2)6-11(14)7-10(13)3/h6-7H,4-5,8,14H2,1-3H3,(H,15,16). The average Bonchev–Trinajstić information content (AvgIpc) is 2.24. The van der Waals surface area contributed by atoms with Crippen LogP contribution in [0.3, 0.4) is 0 Å². The molecule has 0 aliphatic carbocycles. The zero-order valence-electron chi connectivity index (χ0n) is 10.7. The molecule has 0 fully saturated rings. The number of rotatable bonds is 5. The Kier molecular flexibility index (Phi) is 4.82. The Morgan fingerprint density at radius 2 is 1.94 bits per heavy atom. The summed E-state index contributed by atoms with van der Waals surface area (Å²) in [5, 5.41) is 2.76. The van der Waals surface area contributed by atoms with Crippen molar-refractivity contribution in [1.29, 1.82) is 0 Å². The van der Waals surface area contributed by atoms with E-state index in [4.69, 9.17) is 10.5 Å². The van der Waals surface area contributed by atoms with Gasteiger partial charge in [-0.3, -0.25) is 4.79 Å². The van der Waals surface area contributed by atoms with E-state index < -0.39 is 0 Å². The van der Waals surface area contributed by atoms with Gasteiger partial charge in [-0.1, -0.05) is 6.92 Å². The molecule has 1 aromatic carbocycles. The predicted molar refractivity (Wildman–Crippen MR) is 69.1 cm³/mol. The molecule has 0 spiro atoms. The van der Waals surface area contributed by atoms with Crippen molar-refractivity contribution in [3.05, 3.63) is 23.3 Å². The SMILES string of the molecule is CCCNC(=O)COc1c(C)cc(N)cc1C. The van der Waals surface area contributed by atoms with E-state index in [1.807, 2.05) is 32.9 Å². The van der Waals surface area contributed by atoms with Gasteiger partial charge in [-0.15, -0.1) is 0 Å². The minimum absolute atomic E-state index is 0.0472. The van der Waals surface area contributed by atoms with Crippen molar-refractivity contribution >= 4 is 11.6 Å². The first kappa shape index (κ1) is 13.4. The molecule has 1 rings (SSSR count). The van der Waals surface area contributed by atoms with Crippen LogP contribution in [0.2, 0.25) is 0 Å². The van der Waals surface area contributed by atoms with Gasteiger partial charge in [0.2, 0.25) is 0 Å². The number of carbonyl (C=O) groups excluding carboxylic acids is 1. The number of nitrogens with one attached hydrogen (secondary N) is 1. The molecule has 0 saturated carbocycles. The molecule has 1 aromatic rings. The summed E-state index contributed by atoms with van der Waals surface area (Å²) < 4.78 is 5.51. The zero-order valence-corrected chi connectivity index (χ0v) is 10.7. The van der Waals surface area contributed by atoms with Crippen molar-refractivity contribution in [2.75, 3.05) is 18.9 Å². The number of anilines is 1. The number of amides is 1. The molecule has 0 aromatic heterocycles. The second-order valence-corrected chi connectivity index (χ2v) is 4.12. The third-order valence-electron chi connectivity index (χ3n) is 2.40. The van der Waals surface area contributed by atoms with E-state index in [-0.39, 0.29) is 12.5 Å². The monoisotopic (exact) mass is 236 g/mol. The zero-order chi connectivity index (χ0) is 12.8. The molecular formula is C13H20N2O2. The van der Waals surface area contributed by atoms with Gasteiger partial charge in [0.05, 0.1) is 0 Å². The smallest absolute Gasteiger partial charge is 0.257 e. The number of nitrogen functional groups attached to an aromatic ring is 1. The van der Waals surface area contributed by atoms with Gasteiger partial charge in [-0.25, -0.2) is 0 Å². The van der Waals surface area contributed by atoms with Crippen LogP contribution < -0.4 is 15.8 Å². The molecule has 17 heavy (non-hydrogen) atoms. The van der Waals surface area contributed by atoms with Crippen molar-refractivity contribution in [1.82, 2.24) is 5.32 Å². The van der Waals surface area contributed by atoms with Crippen LogP contribution in [0.1, 0.15) is 24.5 Å². The fourth-order valence-electron chi connectivity index (χ4n) is 1.66. The average molecular weight is 236 g/mol. The molecule has 0 aliphatic heterocycles. The Bertz CT molecular complexity index is 379. The quantitative estimate of drug-likeness (QED) is 0.766. The highest BCUT2D eigenvalue weighted by molar-refractivity contribution is 5.77. The molecule has 0 aliphatic rings. The lowest BCUT2D eigenvalue weighted by molar-refractivity contribution is -0.123. The van der Waals surface area contributed by atoms with Crippen molar-refractivity contribution in [2.24, 2.45) is 0 Å². The minimum Gasteiger partial charge on any atom is -0.483 e. The summed E-state index contributed by atoms with van der Waals surface area (Å²) in [6.07, 6.45) is 0.922. The van der Waals surface area contributed by atoms with E-state index in [0.717, 1.165) is 23.3 Å². The van der Waals surface area contributed by atoms with Crippen LogP contribution in [-0.4, -0.2) is 19.1 Å². The molecule has 4 nitrogen and oxygen atoms in total. The first-order valence-electron chi connectivity index (χ1n) is 5.80. The van der Waals surface area contributed by atoms with Crippen LogP contribution in [0.5, 0.6) is 5.75 Å². The maximum Gasteiger partial charge on any atom is 0.257 e. The van der Waals surface area contributed by atoms with E-state index in [2.05, 4.69) is 5.32 Å². The Labute approximate surface area is 102 Å². The second kappa shape index (κ2) is 6.13. The third-order valence-corrected chi connectivity index (χ3v) is 2.40. The first-order valence-corrected chi connectivity index (χ1v) is 5.80. The number of aryl methyl sites for hydroxylation is 2. The highest BCUT2D eigenvalue weighted by Gasteiger charge is 2.07. The van der Waals surface area contributed by atoms with Gasteiger partial charge in [-0.05, 0) is 43.5 Å². The van der Waals surface area contributed by atoms with Gasteiger partial charge in [-0.2, -0.15) is 0 Å². The van der Waals surface area contributed by atoms with E-state index in [1.165, 1.54) is 0 Å². The Balaban J connectivity index is 2.60. The van der Waals surface area contributed by atoms with Gasteiger partial charge in [0, 0.05) is 12.2 Å². The van der Waals surface area contributed by atoms with E-state index >= 15 is 0 Å². The molecule has 4 heteroatoms. The predicted octanol–water partition coefficient (Wildman–Crippen LogP) is 1.79. The van der Waals surface area contributed by atoms with Crippen LogP contribution in [0.25, 0.3) is 0 Å². The number of benzene rings is 1. The van der Waals surface area contributed by atoms with Gasteiger partial charge in [0.25, 0.3) is 5.91 Å². The third kappa shape index (κ3) is 3.98. The van der Waals surface area contributed by atoms with Gasteiger partial charge in [0.1, 0.15) is 5.75 Å². The number of hydrogen-bond acceptors (Lipinski definition) is 3. The highest BCUT2D eigenvalue weighted by atomic mass is 16.5. The van der Waals surface area contributed by atoms with Crippen LogP contribution in [-0.2, 0) is 4.79 Å². The topological polar surface area (TPSA) is 64.3 Å². The Morgan fingerprint density at radius 1 is 1.35 bits per heavy atom. The normalized spacial score (nSPS) is 10.1. The van der Waals surface area contributed by atoms with E-state index in [1.54, 1.807) is 0 Å². The van der Waals surface area contributed by atoms with Gasteiger partial charge in [0.15, 0.2) is 6.61 Å². The lowest BCUT2D eigenvalue weighted by Crippen LogP contribution is -2.29. The first-order chi connectivity index (χ1) is 8.04. The highest BCUT2D eigenvalue weighted by Crippen LogP contribution is 2.25. The lowest BCUT2D eigenvalue weighted by Gasteiger charge is -2.12. The number of hydrogen-bond donors (Lipinski definition) is 2. The van der Waals surface area contributed by atoms with Crippen molar-refractivity contribution in [3.63, 3.8) is 0 Å². The Morgan fingerprint density at radius 3 is 2.47 bits per heavy atom. The fourth-order valence-corrected chi connectivity index (χ4v) is 1.66. The van der Waals surface area contributed by atoms with Crippen molar-refractivity contribution in [2.45, 2.75) is 27.2 Å². The summed E-state index contributed by atoms with van der Waals surface area (Å²) in [7, 11) is 0. The maximum absolute atomic E-state index is 11.4. The maximum atomic E-state index is 11.4. The molecule has 0 saturated heterocycles. The van der Waals surface area contributed by atoms with E-state index in [0.29, 0.717) is 12.2 Å². The van der Waals surface area contributed by atoms with Crippen LogP contribution in [0.15, 0.2) is 12.1 Å². The molecular weight excluding hydrogens is 216 g/mol. The van der Waals surface area contributed by atoms with Crippen LogP contribution in [0, 0.1) is 13.8 Å². The molecule has 1 amide bonds. The summed E-state index contributed by atoms with van der Waals surface area (Å²) in [4.78, 5) is 11.4. The number of nitrogens with two attached hydrogens (primary N) is 1. The summed E-state index contributed by atoms with van der Waals surface area (Å²) in [5.41, 5.74) is 8.33. The molecule has 94 valence electrons. The summed E-state index contributed by atoms with van der Waals surface area (Å²) in [6.45, 7) is 6.58. The van der Waals surface area contributed by atoms with Crippen molar-refractivity contribution in [3.8, 4) is 5.75 Å². The fraction of sp³-hybridized carbons (Fsp3) is 0.462. The second-order valence-electron chi connectivity index (χ2n) is 4.12. The lowest BCUT2D eigenvalue weighted by atomic mass is 10.1. The summed E-state index contributed by atoms with van der Waals surface area (Å²) in [6, 6.07) is 3.68. The molecule has 0 heterocycles. The summed E-state index contributed by atoms with van der Waals surface area (Å²) >= 11 is 0. The molecule has 0 radical (unpaired) electrons. The molecule has 0 bridgehead atoms.